The molecule has 1 rings (SSSR count). The van der Waals surface area contributed by atoms with Gasteiger partial charge in [0, 0.05) is 23.9 Å². The zero-order valence-electron chi connectivity index (χ0n) is 10.7. The number of benzene rings is 1. The molecule has 0 heterocycles. The first-order valence-corrected chi connectivity index (χ1v) is 5.89. The van der Waals surface area contributed by atoms with E-state index in [4.69, 9.17) is 19.9 Å². The van der Waals surface area contributed by atoms with Gasteiger partial charge < -0.3 is 19.9 Å². The third kappa shape index (κ3) is 5.45. The summed E-state index contributed by atoms with van der Waals surface area (Å²) in [4.78, 5) is 0. The third-order valence-corrected chi connectivity index (χ3v) is 2.02. The molecule has 0 radical (unpaired) electrons. The number of hydrogen-bond acceptors (Lipinski definition) is 4. The molecule has 2 N–H and O–H groups in total. The Bertz CT molecular complexity index is 339. The fourth-order valence-corrected chi connectivity index (χ4v) is 1.37. The van der Waals surface area contributed by atoms with Crippen LogP contribution in [0.3, 0.4) is 0 Å². The van der Waals surface area contributed by atoms with Crippen molar-refractivity contribution in [2.45, 2.75) is 26.9 Å². The van der Waals surface area contributed by atoms with Gasteiger partial charge in [0.2, 0.25) is 0 Å². The Morgan fingerprint density at radius 3 is 2.29 bits per heavy atom. The lowest BCUT2D eigenvalue weighted by molar-refractivity contribution is 0.0552. The maximum absolute atomic E-state index is 5.75. The van der Waals surface area contributed by atoms with Crippen LogP contribution in [0.2, 0.25) is 0 Å². The number of hydrogen-bond donors (Lipinski definition) is 1. The Morgan fingerprint density at radius 2 is 1.71 bits per heavy atom. The van der Waals surface area contributed by atoms with Crippen LogP contribution in [-0.2, 0) is 4.74 Å². The number of anilines is 1. The lowest BCUT2D eigenvalue weighted by Gasteiger charge is -2.11. The van der Waals surface area contributed by atoms with Gasteiger partial charge in [0.25, 0.3) is 0 Å². The Balaban J connectivity index is 2.46. The van der Waals surface area contributed by atoms with Crippen molar-refractivity contribution in [3.05, 3.63) is 18.2 Å². The van der Waals surface area contributed by atoms with Crippen LogP contribution in [-0.4, -0.2) is 25.9 Å². The second-order valence-electron chi connectivity index (χ2n) is 3.94. The smallest absolute Gasteiger partial charge is 0.125 e. The van der Waals surface area contributed by atoms with Crippen LogP contribution < -0.4 is 15.2 Å². The quantitative estimate of drug-likeness (QED) is 0.586. The highest BCUT2D eigenvalue weighted by Gasteiger charge is 2.01. The van der Waals surface area contributed by atoms with Gasteiger partial charge in [-0.15, -0.1) is 0 Å². The summed E-state index contributed by atoms with van der Waals surface area (Å²) in [7, 11) is 0. The number of nitrogen functional groups attached to an aromatic ring is 1. The van der Waals surface area contributed by atoms with Gasteiger partial charge in [-0.1, -0.05) is 0 Å². The van der Waals surface area contributed by atoms with Crippen molar-refractivity contribution in [3.63, 3.8) is 0 Å². The minimum absolute atomic E-state index is 0.221. The standard InChI is InChI=1S/C13H21NO3/c1-4-15-12-7-11(14)8-13(9-12)17-6-5-16-10(2)3/h7-10H,4-6,14H2,1-3H3. The minimum atomic E-state index is 0.221. The van der Waals surface area contributed by atoms with Crippen molar-refractivity contribution in [2.75, 3.05) is 25.6 Å². The van der Waals surface area contributed by atoms with Crippen LogP contribution >= 0.6 is 0 Å². The molecular weight excluding hydrogens is 218 g/mol. The van der Waals surface area contributed by atoms with Crippen molar-refractivity contribution >= 4 is 5.69 Å². The Labute approximate surface area is 103 Å². The van der Waals surface area contributed by atoms with Gasteiger partial charge in [0.1, 0.15) is 18.1 Å². The number of ether oxygens (including phenoxy) is 3. The highest BCUT2D eigenvalue weighted by molar-refractivity contribution is 5.50. The lowest BCUT2D eigenvalue weighted by Crippen LogP contribution is -2.11. The summed E-state index contributed by atoms with van der Waals surface area (Å²) in [6.45, 7) is 7.60. The minimum Gasteiger partial charge on any atom is -0.494 e. The highest BCUT2D eigenvalue weighted by Crippen LogP contribution is 2.24. The van der Waals surface area contributed by atoms with Gasteiger partial charge in [-0.2, -0.15) is 0 Å². The first-order chi connectivity index (χ1) is 8.11. The van der Waals surface area contributed by atoms with Crippen LogP contribution in [0.5, 0.6) is 11.5 Å². The van der Waals surface area contributed by atoms with E-state index in [0.717, 1.165) is 5.75 Å². The molecule has 0 bridgehead atoms. The first kappa shape index (κ1) is 13.6. The van der Waals surface area contributed by atoms with Crippen molar-refractivity contribution < 1.29 is 14.2 Å². The van der Waals surface area contributed by atoms with Crippen molar-refractivity contribution in [2.24, 2.45) is 0 Å². The normalized spacial score (nSPS) is 10.6. The average molecular weight is 239 g/mol. The van der Waals surface area contributed by atoms with E-state index in [2.05, 4.69) is 0 Å². The number of nitrogens with two attached hydrogens (primary N) is 1. The predicted octanol–water partition coefficient (Wildman–Crippen LogP) is 2.47. The summed E-state index contributed by atoms with van der Waals surface area (Å²) in [6, 6.07) is 5.38. The topological polar surface area (TPSA) is 53.7 Å². The fraction of sp³-hybridized carbons (Fsp3) is 0.538. The molecule has 0 aromatic heterocycles. The third-order valence-electron chi connectivity index (χ3n) is 2.02. The molecule has 0 atom stereocenters. The lowest BCUT2D eigenvalue weighted by atomic mass is 10.3. The molecule has 0 unspecified atom stereocenters. The van der Waals surface area contributed by atoms with E-state index >= 15 is 0 Å². The van der Waals surface area contributed by atoms with E-state index < -0.39 is 0 Å². The van der Waals surface area contributed by atoms with E-state index in [9.17, 15) is 0 Å². The average Bonchev–Trinajstić information content (AvgIpc) is 2.24. The predicted molar refractivity (Wildman–Crippen MR) is 68.6 cm³/mol. The van der Waals surface area contributed by atoms with E-state index in [1.165, 1.54) is 0 Å². The van der Waals surface area contributed by atoms with Gasteiger partial charge in [-0.05, 0) is 20.8 Å². The first-order valence-electron chi connectivity index (χ1n) is 5.89. The van der Waals surface area contributed by atoms with Gasteiger partial charge in [0.05, 0.1) is 19.3 Å². The number of rotatable bonds is 7. The molecule has 0 aliphatic heterocycles. The molecule has 0 amide bonds. The molecule has 1 aromatic rings. The second-order valence-corrected chi connectivity index (χ2v) is 3.94. The van der Waals surface area contributed by atoms with Gasteiger partial charge in [0.15, 0.2) is 0 Å². The van der Waals surface area contributed by atoms with Crippen LogP contribution in [0, 0.1) is 0 Å². The van der Waals surface area contributed by atoms with Crippen LogP contribution in [0.25, 0.3) is 0 Å². The van der Waals surface area contributed by atoms with E-state index in [-0.39, 0.29) is 6.10 Å². The van der Waals surface area contributed by atoms with Crippen molar-refractivity contribution in [3.8, 4) is 11.5 Å². The Hall–Kier alpha value is -1.42. The van der Waals surface area contributed by atoms with Gasteiger partial charge >= 0.3 is 0 Å². The maximum atomic E-state index is 5.75. The second kappa shape index (κ2) is 7.01. The Kier molecular flexibility index (Phi) is 5.63. The van der Waals surface area contributed by atoms with E-state index in [0.29, 0.717) is 31.3 Å². The zero-order valence-corrected chi connectivity index (χ0v) is 10.7. The molecule has 4 nitrogen and oxygen atoms in total. The summed E-state index contributed by atoms with van der Waals surface area (Å²) in [5.41, 5.74) is 6.39. The van der Waals surface area contributed by atoms with Crippen LogP contribution in [0.4, 0.5) is 5.69 Å². The van der Waals surface area contributed by atoms with Crippen molar-refractivity contribution in [1.29, 1.82) is 0 Å². The molecule has 0 saturated heterocycles. The van der Waals surface area contributed by atoms with Crippen LogP contribution in [0.15, 0.2) is 18.2 Å². The van der Waals surface area contributed by atoms with Gasteiger partial charge in [-0.25, -0.2) is 0 Å². The summed E-state index contributed by atoms with van der Waals surface area (Å²) < 4.78 is 16.3. The summed E-state index contributed by atoms with van der Waals surface area (Å²) in [5.74, 6) is 1.44. The van der Waals surface area contributed by atoms with Gasteiger partial charge in [-0.3, -0.25) is 0 Å². The molecule has 0 aliphatic rings. The molecule has 96 valence electrons. The van der Waals surface area contributed by atoms with Crippen molar-refractivity contribution in [1.82, 2.24) is 0 Å². The molecule has 1 aromatic carbocycles. The maximum Gasteiger partial charge on any atom is 0.125 e. The molecule has 17 heavy (non-hydrogen) atoms. The van der Waals surface area contributed by atoms with E-state index in [1.807, 2.05) is 26.8 Å². The van der Waals surface area contributed by atoms with E-state index in [1.54, 1.807) is 12.1 Å². The summed E-state index contributed by atoms with van der Waals surface area (Å²) >= 11 is 0. The SMILES string of the molecule is CCOc1cc(N)cc(OCCOC(C)C)c1. The fourth-order valence-electron chi connectivity index (χ4n) is 1.37. The largest absolute Gasteiger partial charge is 0.494 e. The van der Waals surface area contributed by atoms with Crippen LogP contribution in [0.1, 0.15) is 20.8 Å². The monoisotopic (exact) mass is 239 g/mol. The molecule has 0 fully saturated rings. The Morgan fingerprint density at radius 1 is 1.06 bits per heavy atom. The summed E-state index contributed by atoms with van der Waals surface area (Å²) in [6.07, 6.45) is 0.221. The highest BCUT2D eigenvalue weighted by atomic mass is 16.5. The molecule has 4 heteroatoms. The molecule has 0 saturated carbocycles. The molecular formula is C13H21NO3. The zero-order chi connectivity index (χ0) is 12.7. The molecule has 0 aliphatic carbocycles. The molecule has 0 spiro atoms. The summed E-state index contributed by atoms with van der Waals surface area (Å²) in [5, 5.41) is 0.